The summed E-state index contributed by atoms with van der Waals surface area (Å²) >= 11 is 0. The first kappa shape index (κ1) is 21.7. The van der Waals surface area contributed by atoms with Crippen molar-refractivity contribution in [3.8, 4) is 17.2 Å². The number of carbonyl (C=O) groups excluding carboxylic acids is 2. The summed E-state index contributed by atoms with van der Waals surface area (Å²) in [6.07, 6.45) is 3.11. The highest BCUT2D eigenvalue weighted by molar-refractivity contribution is 6.46. The third-order valence-electron chi connectivity index (χ3n) is 4.88. The van der Waals surface area contributed by atoms with Crippen LogP contribution in [0.3, 0.4) is 0 Å². The molecule has 0 aromatic heterocycles. The molecule has 1 atom stereocenters. The van der Waals surface area contributed by atoms with Gasteiger partial charge in [-0.2, -0.15) is 0 Å². The zero-order chi connectivity index (χ0) is 22.5. The highest BCUT2D eigenvalue weighted by Gasteiger charge is 2.45. The number of aliphatic hydroxyl groups is 1. The fourth-order valence-corrected chi connectivity index (χ4v) is 3.44. The zero-order valence-corrected chi connectivity index (χ0v) is 17.1. The number of carbonyl (C=O) groups is 2. The van der Waals surface area contributed by atoms with E-state index in [1.54, 1.807) is 36.4 Å². The number of aliphatic hydroxyl groups excluding tert-OH is 1. The Balaban J connectivity index is 2.12. The summed E-state index contributed by atoms with van der Waals surface area (Å²) in [6.45, 7) is 7.68. The molecule has 2 N–H and O–H groups in total. The van der Waals surface area contributed by atoms with E-state index in [1.165, 1.54) is 30.2 Å². The molecule has 1 heterocycles. The quantitative estimate of drug-likeness (QED) is 0.293. The van der Waals surface area contributed by atoms with Gasteiger partial charge < -0.3 is 24.6 Å². The molecule has 1 fully saturated rings. The maximum absolute atomic E-state index is 12.9. The Hall–Kier alpha value is -4.00. The van der Waals surface area contributed by atoms with Crippen molar-refractivity contribution in [3.63, 3.8) is 0 Å². The Labute approximate surface area is 180 Å². The topological polar surface area (TPSA) is 96.3 Å². The summed E-state index contributed by atoms with van der Waals surface area (Å²) in [6, 6.07) is 10.1. The minimum Gasteiger partial charge on any atom is -0.507 e. The molecule has 1 aliphatic heterocycles. The number of benzene rings is 2. The van der Waals surface area contributed by atoms with Crippen LogP contribution in [0, 0.1) is 0 Å². The first-order chi connectivity index (χ1) is 14.9. The van der Waals surface area contributed by atoms with Crippen LogP contribution in [-0.2, 0) is 9.59 Å². The molecule has 0 aliphatic carbocycles. The van der Waals surface area contributed by atoms with Gasteiger partial charge in [-0.1, -0.05) is 24.8 Å². The van der Waals surface area contributed by atoms with E-state index in [-0.39, 0.29) is 29.4 Å². The van der Waals surface area contributed by atoms with Gasteiger partial charge >= 0.3 is 0 Å². The number of aromatic hydroxyl groups is 1. The van der Waals surface area contributed by atoms with Gasteiger partial charge in [0.2, 0.25) is 0 Å². The number of phenolic OH excluding ortho intramolecular Hbond substituents is 1. The van der Waals surface area contributed by atoms with Gasteiger partial charge in [0.05, 0.1) is 18.7 Å². The molecule has 2 aromatic rings. The average molecular weight is 421 g/mol. The van der Waals surface area contributed by atoms with Crippen molar-refractivity contribution in [1.29, 1.82) is 0 Å². The van der Waals surface area contributed by atoms with E-state index in [9.17, 15) is 19.8 Å². The Morgan fingerprint density at radius 3 is 2.45 bits per heavy atom. The van der Waals surface area contributed by atoms with E-state index in [0.717, 1.165) is 0 Å². The molecular weight excluding hydrogens is 398 g/mol. The van der Waals surface area contributed by atoms with Gasteiger partial charge in [-0.25, -0.2) is 0 Å². The van der Waals surface area contributed by atoms with Crippen molar-refractivity contribution in [2.75, 3.05) is 20.3 Å². The molecule has 3 rings (SSSR count). The zero-order valence-electron chi connectivity index (χ0n) is 17.1. The van der Waals surface area contributed by atoms with Crippen LogP contribution in [0.5, 0.6) is 17.2 Å². The molecule has 1 amide bonds. The van der Waals surface area contributed by atoms with E-state index in [2.05, 4.69) is 13.2 Å². The van der Waals surface area contributed by atoms with Crippen LogP contribution < -0.4 is 9.47 Å². The molecule has 2 aromatic carbocycles. The lowest BCUT2D eigenvalue weighted by molar-refractivity contribution is -0.139. The number of ether oxygens (including phenoxy) is 2. The SMILES string of the molecule is C=CCOc1ccc(/C(O)=C2/C(=O)C(=O)N(CC=C)C2c2ccc(O)c(OC)c2)cc1. The highest BCUT2D eigenvalue weighted by Crippen LogP contribution is 2.41. The first-order valence-electron chi connectivity index (χ1n) is 9.53. The predicted octanol–water partition coefficient (Wildman–Crippen LogP) is 3.57. The molecule has 1 aliphatic rings. The molecule has 1 unspecified atom stereocenters. The normalized spacial score (nSPS) is 17.5. The van der Waals surface area contributed by atoms with Gasteiger partial charge in [0.1, 0.15) is 18.1 Å². The van der Waals surface area contributed by atoms with Gasteiger partial charge in [-0.15, -0.1) is 6.58 Å². The number of ketones is 1. The third kappa shape index (κ3) is 4.16. The second-order valence-electron chi connectivity index (χ2n) is 6.80. The summed E-state index contributed by atoms with van der Waals surface area (Å²) in [5.41, 5.74) is 0.806. The number of rotatable bonds is 8. The molecule has 0 bridgehead atoms. The molecule has 160 valence electrons. The molecule has 7 heteroatoms. The van der Waals surface area contributed by atoms with Crippen LogP contribution in [-0.4, -0.2) is 47.1 Å². The van der Waals surface area contributed by atoms with Crippen molar-refractivity contribution in [1.82, 2.24) is 4.90 Å². The summed E-state index contributed by atoms with van der Waals surface area (Å²) in [7, 11) is 1.40. The number of amides is 1. The highest BCUT2D eigenvalue weighted by atomic mass is 16.5. The minimum atomic E-state index is -0.871. The van der Waals surface area contributed by atoms with Crippen molar-refractivity contribution < 1.29 is 29.3 Å². The maximum Gasteiger partial charge on any atom is 0.295 e. The van der Waals surface area contributed by atoms with Crippen LogP contribution in [0.2, 0.25) is 0 Å². The molecule has 0 saturated carbocycles. The monoisotopic (exact) mass is 421 g/mol. The van der Waals surface area contributed by atoms with Crippen LogP contribution in [0.1, 0.15) is 17.2 Å². The lowest BCUT2D eigenvalue weighted by atomic mass is 9.95. The molecule has 7 nitrogen and oxygen atoms in total. The van der Waals surface area contributed by atoms with Gasteiger partial charge in [0.25, 0.3) is 11.7 Å². The molecule has 0 spiro atoms. The lowest BCUT2D eigenvalue weighted by Gasteiger charge is -2.24. The molecule has 0 radical (unpaired) electrons. The van der Waals surface area contributed by atoms with Crippen molar-refractivity contribution in [2.24, 2.45) is 0 Å². The number of likely N-dealkylation sites (tertiary alicyclic amines) is 1. The summed E-state index contributed by atoms with van der Waals surface area (Å²) in [5.74, 6) is -1.18. The van der Waals surface area contributed by atoms with E-state index in [0.29, 0.717) is 23.5 Å². The van der Waals surface area contributed by atoms with E-state index < -0.39 is 17.7 Å². The third-order valence-corrected chi connectivity index (χ3v) is 4.88. The minimum absolute atomic E-state index is 0.0562. The standard InChI is InChI=1S/C24H23NO6/c1-4-12-25-21(16-8-11-18(26)19(14-16)30-3)20(23(28)24(25)29)22(27)15-6-9-17(10-7-15)31-13-5-2/h4-11,14,21,26-27H,1-2,12-13H2,3H3/b22-20-. The van der Waals surface area contributed by atoms with Gasteiger partial charge in [0, 0.05) is 12.1 Å². The van der Waals surface area contributed by atoms with E-state index in [1.807, 2.05) is 0 Å². The first-order valence-corrected chi connectivity index (χ1v) is 9.53. The number of methoxy groups -OCH3 is 1. The van der Waals surface area contributed by atoms with E-state index in [4.69, 9.17) is 9.47 Å². The van der Waals surface area contributed by atoms with Crippen molar-refractivity contribution in [3.05, 3.63) is 84.5 Å². The second-order valence-corrected chi connectivity index (χ2v) is 6.80. The lowest BCUT2D eigenvalue weighted by Crippen LogP contribution is -2.29. The van der Waals surface area contributed by atoms with Crippen LogP contribution >= 0.6 is 0 Å². The number of hydrogen-bond donors (Lipinski definition) is 2. The summed E-state index contributed by atoms with van der Waals surface area (Å²) < 4.78 is 10.6. The fraction of sp³-hybridized carbons (Fsp3) is 0.167. The molecular formula is C24H23NO6. The Morgan fingerprint density at radius 2 is 1.84 bits per heavy atom. The average Bonchev–Trinajstić information content (AvgIpc) is 3.03. The van der Waals surface area contributed by atoms with Gasteiger partial charge in [-0.3, -0.25) is 9.59 Å². The van der Waals surface area contributed by atoms with Crippen molar-refractivity contribution in [2.45, 2.75) is 6.04 Å². The van der Waals surface area contributed by atoms with Gasteiger partial charge in [0.15, 0.2) is 11.5 Å². The number of Topliss-reactive ketones (excluding diaryl/α,β-unsaturated/α-hetero) is 1. The Bertz CT molecular complexity index is 1050. The van der Waals surface area contributed by atoms with Crippen LogP contribution in [0.15, 0.2) is 73.3 Å². The van der Waals surface area contributed by atoms with Crippen LogP contribution in [0.4, 0.5) is 0 Å². The number of nitrogens with zero attached hydrogens (tertiary/aromatic N) is 1. The van der Waals surface area contributed by atoms with Gasteiger partial charge in [-0.05, 0) is 42.0 Å². The van der Waals surface area contributed by atoms with E-state index >= 15 is 0 Å². The fourth-order valence-electron chi connectivity index (χ4n) is 3.44. The Kier molecular flexibility index (Phi) is 6.45. The number of phenols is 1. The largest absolute Gasteiger partial charge is 0.507 e. The number of hydrogen-bond acceptors (Lipinski definition) is 6. The summed E-state index contributed by atoms with van der Waals surface area (Å²) in [5, 5.41) is 20.9. The van der Waals surface area contributed by atoms with Crippen molar-refractivity contribution >= 4 is 17.4 Å². The smallest absolute Gasteiger partial charge is 0.295 e. The molecule has 1 saturated heterocycles. The van der Waals surface area contributed by atoms with Crippen LogP contribution in [0.25, 0.3) is 5.76 Å². The Morgan fingerprint density at radius 1 is 1.13 bits per heavy atom. The predicted molar refractivity (Wildman–Crippen MR) is 116 cm³/mol. The summed E-state index contributed by atoms with van der Waals surface area (Å²) in [4.78, 5) is 26.9. The maximum atomic E-state index is 12.9. The second kappa shape index (κ2) is 9.21. The molecule has 31 heavy (non-hydrogen) atoms.